The van der Waals surface area contributed by atoms with E-state index in [0.29, 0.717) is 54.1 Å². The van der Waals surface area contributed by atoms with Gasteiger partial charge in [0.25, 0.3) is 0 Å². The van der Waals surface area contributed by atoms with E-state index in [1.807, 2.05) is 30.5 Å². The lowest BCUT2D eigenvalue weighted by atomic mass is 9.93. The fourth-order valence-corrected chi connectivity index (χ4v) is 5.46. The van der Waals surface area contributed by atoms with Gasteiger partial charge in [-0.3, -0.25) is 9.78 Å². The Morgan fingerprint density at radius 2 is 1.77 bits per heavy atom. The topological polar surface area (TPSA) is 150 Å². The van der Waals surface area contributed by atoms with Crippen molar-refractivity contribution in [1.29, 1.82) is 0 Å². The lowest BCUT2D eigenvalue weighted by molar-refractivity contribution is -0.117. The molecule has 3 amide bonds. The van der Waals surface area contributed by atoms with Crippen molar-refractivity contribution in [3.05, 3.63) is 83.3 Å². The number of hydrogen-bond acceptors (Lipinski definition) is 8. The van der Waals surface area contributed by atoms with Gasteiger partial charge in [0.05, 0.1) is 18.1 Å². The van der Waals surface area contributed by atoms with Crippen LogP contribution in [0, 0.1) is 5.92 Å². The third kappa shape index (κ3) is 7.12. The maximum atomic E-state index is 13.2. The molecule has 12 heteroatoms. The van der Waals surface area contributed by atoms with E-state index in [4.69, 9.17) is 17.3 Å². The number of likely N-dealkylation sites (tertiary alicyclic amines) is 1. The molecule has 0 unspecified atom stereocenters. The van der Waals surface area contributed by atoms with Gasteiger partial charge in [-0.2, -0.15) is 4.98 Å². The van der Waals surface area contributed by atoms with Crippen molar-refractivity contribution >= 4 is 63.7 Å². The third-order valence-electron chi connectivity index (χ3n) is 7.66. The van der Waals surface area contributed by atoms with E-state index in [1.165, 1.54) is 0 Å². The molecular formula is C31H32ClN9O2. The number of carbonyl (C=O) groups excluding carboxylic acids is 2. The second-order valence-electron chi connectivity index (χ2n) is 10.8. The van der Waals surface area contributed by atoms with E-state index in [0.717, 1.165) is 47.5 Å². The van der Waals surface area contributed by atoms with Gasteiger partial charge >= 0.3 is 6.03 Å². The number of nitrogens with two attached hydrogens (primary N) is 1. The van der Waals surface area contributed by atoms with Crippen molar-refractivity contribution in [2.75, 3.05) is 40.1 Å². The largest absolute Gasteiger partial charge is 0.399 e. The minimum Gasteiger partial charge on any atom is -0.399 e. The quantitative estimate of drug-likeness (QED) is 0.181. The molecule has 0 spiro atoms. The molecular weight excluding hydrogens is 566 g/mol. The van der Waals surface area contributed by atoms with Crippen LogP contribution in [0.4, 0.5) is 45.0 Å². The highest BCUT2D eigenvalue weighted by molar-refractivity contribution is 6.32. The van der Waals surface area contributed by atoms with Crippen molar-refractivity contribution in [1.82, 2.24) is 19.9 Å². The molecule has 220 valence electrons. The maximum absolute atomic E-state index is 13.2. The number of amides is 3. The number of nitrogens with one attached hydrogen (secondary N) is 4. The van der Waals surface area contributed by atoms with Gasteiger partial charge in [0, 0.05) is 48.5 Å². The molecule has 0 aliphatic carbocycles. The summed E-state index contributed by atoms with van der Waals surface area (Å²) >= 11 is 6.38. The first kappa shape index (κ1) is 28.2. The van der Waals surface area contributed by atoms with E-state index in [9.17, 15) is 9.59 Å². The highest BCUT2D eigenvalue weighted by Crippen LogP contribution is 2.30. The van der Waals surface area contributed by atoms with Gasteiger partial charge < -0.3 is 31.9 Å². The van der Waals surface area contributed by atoms with Gasteiger partial charge in [0.15, 0.2) is 5.82 Å². The summed E-state index contributed by atoms with van der Waals surface area (Å²) in [5.41, 5.74) is 11.4. The van der Waals surface area contributed by atoms with Gasteiger partial charge in [0.2, 0.25) is 11.9 Å². The van der Waals surface area contributed by atoms with Crippen LogP contribution in [0.25, 0.3) is 0 Å². The van der Waals surface area contributed by atoms with E-state index in [-0.39, 0.29) is 17.9 Å². The molecule has 11 nitrogen and oxygen atoms in total. The Morgan fingerprint density at radius 3 is 2.58 bits per heavy atom. The van der Waals surface area contributed by atoms with Crippen molar-refractivity contribution < 1.29 is 9.59 Å². The molecule has 2 aromatic heterocycles. The van der Waals surface area contributed by atoms with Gasteiger partial charge in [-0.05, 0) is 91.3 Å². The van der Waals surface area contributed by atoms with Crippen LogP contribution in [0.5, 0.6) is 0 Å². The summed E-state index contributed by atoms with van der Waals surface area (Å²) in [6.07, 6.45) is 8.43. The van der Waals surface area contributed by atoms with E-state index < -0.39 is 0 Å². The summed E-state index contributed by atoms with van der Waals surface area (Å²) in [5.74, 6) is 1.03. The van der Waals surface area contributed by atoms with Crippen molar-refractivity contribution in [3.8, 4) is 0 Å². The van der Waals surface area contributed by atoms with Crippen LogP contribution in [-0.4, -0.2) is 44.9 Å². The van der Waals surface area contributed by atoms with Crippen LogP contribution in [0.1, 0.15) is 30.4 Å². The lowest BCUT2D eigenvalue weighted by Gasteiger charge is -2.31. The first-order valence-corrected chi connectivity index (χ1v) is 14.6. The van der Waals surface area contributed by atoms with Crippen molar-refractivity contribution in [2.45, 2.75) is 32.1 Å². The number of benzene rings is 2. The molecule has 0 atom stereocenters. The zero-order valence-corrected chi connectivity index (χ0v) is 24.2. The molecule has 0 saturated carbocycles. The number of hydrogen-bond donors (Lipinski definition) is 5. The first-order chi connectivity index (χ1) is 20.9. The van der Waals surface area contributed by atoms with Crippen molar-refractivity contribution in [2.24, 2.45) is 5.92 Å². The van der Waals surface area contributed by atoms with Crippen LogP contribution in [0.3, 0.4) is 0 Å². The Balaban J connectivity index is 1.10. The van der Waals surface area contributed by atoms with Crippen LogP contribution >= 0.6 is 11.6 Å². The smallest absolute Gasteiger partial charge is 0.321 e. The van der Waals surface area contributed by atoms with E-state index in [2.05, 4.69) is 36.2 Å². The Morgan fingerprint density at radius 1 is 0.953 bits per heavy atom. The van der Waals surface area contributed by atoms with Crippen molar-refractivity contribution in [3.63, 3.8) is 0 Å². The predicted molar refractivity (Wildman–Crippen MR) is 169 cm³/mol. The minimum absolute atomic E-state index is 0.0407. The molecule has 6 bridgehead atoms. The van der Waals surface area contributed by atoms with Gasteiger partial charge in [-0.1, -0.05) is 11.6 Å². The fourth-order valence-electron chi connectivity index (χ4n) is 5.33. The third-order valence-corrected chi connectivity index (χ3v) is 7.93. The number of pyridine rings is 1. The second kappa shape index (κ2) is 12.5. The Hall–Kier alpha value is -4.90. The van der Waals surface area contributed by atoms with E-state index in [1.54, 1.807) is 41.6 Å². The highest BCUT2D eigenvalue weighted by atomic mass is 35.5. The Labute approximate surface area is 254 Å². The van der Waals surface area contributed by atoms with Crippen LogP contribution in [0.15, 0.2) is 67.1 Å². The predicted octanol–water partition coefficient (Wildman–Crippen LogP) is 5.97. The molecule has 1 fully saturated rings. The molecule has 4 heterocycles. The summed E-state index contributed by atoms with van der Waals surface area (Å²) in [5, 5.41) is 12.9. The number of carbonyl (C=O) groups is 2. The molecule has 2 aliphatic heterocycles. The molecule has 2 aromatic carbocycles. The summed E-state index contributed by atoms with van der Waals surface area (Å²) in [6.45, 7) is 1.19. The van der Waals surface area contributed by atoms with Gasteiger partial charge in [-0.15, -0.1) is 0 Å². The fraction of sp³-hybridized carbons (Fsp3) is 0.258. The number of anilines is 7. The number of fused-ring (bicyclic) bond motifs is 6. The van der Waals surface area contributed by atoms with Gasteiger partial charge in [0.1, 0.15) is 5.02 Å². The lowest BCUT2D eigenvalue weighted by Crippen LogP contribution is -2.41. The molecule has 2 aliphatic rings. The van der Waals surface area contributed by atoms with Gasteiger partial charge in [-0.25, -0.2) is 9.78 Å². The summed E-state index contributed by atoms with van der Waals surface area (Å²) < 4.78 is 0. The molecule has 6 N–H and O–H groups in total. The Kier molecular flexibility index (Phi) is 8.23. The normalized spacial score (nSPS) is 14.7. The highest BCUT2D eigenvalue weighted by Gasteiger charge is 2.25. The monoisotopic (exact) mass is 597 g/mol. The number of piperidine rings is 1. The summed E-state index contributed by atoms with van der Waals surface area (Å²) in [6, 6.07) is 14.7. The number of halogens is 1. The molecule has 0 radical (unpaired) electrons. The van der Waals surface area contributed by atoms with Crippen LogP contribution < -0.4 is 27.0 Å². The molecule has 4 aromatic rings. The number of nitrogens with zero attached hydrogens (tertiary/aromatic N) is 4. The number of rotatable bonds is 4. The van der Waals surface area contributed by atoms with Crippen LogP contribution in [-0.2, 0) is 17.6 Å². The standard InChI is InChI=1S/C31H32ClN9O2/c32-26-18-35-30-37-25-13-20(16-34-17-25)1-2-21-15-24(36-29(26)40-30)7-8-27(21)39-28(42)14-19-9-11-41(12-10-19)31(43)38-23-5-3-22(33)4-6-23/h3-8,13,15-19H,1-2,9-12,14,33H2,(H,38,43)(H,39,42)(H2,35,36,37,40). The zero-order valence-electron chi connectivity index (χ0n) is 23.4. The number of urea groups is 1. The maximum Gasteiger partial charge on any atom is 0.321 e. The number of aryl methyl sites for hydroxylation is 2. The Bertz CT molecular complexity index is 1640. The van der Waals surface area contributed by atoms with E-state index >= 15 is 0 Å². The average Bonchev–Trinajstić information content (AvgIpc) is 3.00. The summed E-state index contributed by atoms with van der Waals surface area (Å²) in [4.78, 5) is 40.8. The number of nitrogen functional groups attached to an aromatic ring is 1. The summed E-state index contributed by atoms with van der Waals surface area (Å²) in [7, 11) is 0. The molecule has 43 heavy (non-hydrogen) atoms. The second-order valence-corrected chi connectivity index (χ2v) is 11.2. The average molecular weight is 598 g/mol. The number of aromatic nitrogens is 3. The van der Waals surface area contributed by atoms with Crippen LogP contribution in [0.2, 0.25) is 5.02 Å². The molecule has 1 saturated heterocycles. The zero-order chi connectivity index (χ0) is 29.8. The minimum atomic E-state index is -0.141. The first-order valence-electron chi connectivity index (χ1n) is 14.2. The SMILES string of the molecule is Nc1ccc(NC(=O)N2CCC(CC(=O)Nc3ccc4cc3CCc3cncc(c3)Nc3ncc(Cl)c(n3)N4)CC2)cc1. The molecule has 6 rings (SSSR count).